The molecule has 0 aliphatic heterocycles. The minimum atomic E-state index is 0.999. The van der Waals surface area contributed by atoms with Crippen LogP contribution in [0.2, 0.25) is 0 Å². The number of benzene rings is 2. The fraction of sp³-hybridized carbons (Fsp3) is 0.136. The highest BCUT2D eigenvalue weighted by Gasteiger charge is 2.26. The number of fused-ring (bicyclic) bond motifs is 3. The third kappa shape index (κ3) is 2.49. The number of nitrogens with one attached hydrogen (secondary N) is 2. The van der Waals surface area contributed by atoms with Gasteiger partial charge < -0.3 is 10.6 Å². The molecule has 2 aromatic carbocycles. The molecule has 0 heterocycles. The van der Waals surface area contributed by atoms with Gasteiger partial charge in [0.2, 0.25) is 0 Å². The lowest BCUT2D eigenvalue weighted by Gasteiger charge is -2.10. The Hall–Kier alpha value is -3.07. The Morgan fingerprint density at radius 3 is 1.64 bits per heavy atom. The molecule has 0 radical (unpaired) electrons. The first-order valence-corrected chi connectivity index (χ1v) is 8.47. The van der Waals surface area contributed by atoms with Gasteiger partial charge in [-0.05, 0) is 69.8 Å². The molecule has 2 aromatic rings. The molecule has 3 heteroatoms. The molecule has 4 rings (SSSR count). The third-order valence-electron chi connectivity index (χ3n) is 4.86. The lowest BCUT2D eigenvalue weighted by Crippen LogP contribution is -1.96. The number of nitrogens with zero attached hydrogens (tertiary/aromatic N) is 1. The highest BCUT2D eigenvalue weighted by Crippen LogP contribution is 2.48. The second kappa shape index (κ2) is 6.10. The van der Waals surface area contributed by atoms with Crippen LogP contribution >= 0.6 is 0 Å². The Labute approximate surface area is 148 Å². The molecule has 2 N–H and O–H groups in total. The molecule has 124 valence electrons. The van der Waals surface area contributed by atoms with Crippen LogP contribution in [-0.2, 0) is 0 Å². The Morgan fingerprint density at radius 1 is 0.680 bits per heavy atom. The average Bonchev–Trinajstić information content (AvgIpc) is 3.00. The molecule has 0 saturated carbocycles. The lowest BCUT2D eigenvalue weighted by molar-refractivity contribution is 1.44. The van der Waals surface area contributed by atoms with Gasteiger partial charge in [-0.25, -0.2) is 0 Å². The van der Waals surface area contributed by atoms with E-state index in [4.69, 9.17) is 0 Å². The maximum Gasteiger partial charge on any atom is 0.0571 e. The van der Waals surface area contributed by atoms with Crippen molar-refractivity contribution in [2.75, 3.05) is 31.8 Å². The van der Waals surface area contributed by atoms with Gasteiger partial charge in [-0.15, -0.1) is 0 Å². The minimum absolute atomic E-state index is 0.999. The summed E-state index contributed by atoms with van der Waals surface area (Å²) in [6.45, 7) is 0. The second-order valence-corrected chi connectivity index (χ2v) is 6.17. The van der Waals surface area contributed by atoms with E-state index in [1.54, 1.807) is 0 Å². The lowest BCUT2D eigenvalue weighted by atomic mass is 9.94. The highest BCUT2D eigenvalue weighted by molar-refractivity contribution is 6.09. The highest BCUT2D eigenvalue weighted by atomic mass is 14.8. The summed E-state index contributed by atoms with van der Waals surface area (Å²) in [6, 6.07) is 13.2. The molecule has 0 aromatic heterocycles. The fourth-order valence-electron chi connectivity index (χ4n) is 3.51. The van der Waals surface area contributed by atoms with E-state index in [-0.39, 0.29) is 0 Å². The zero-order chi connectivity index (χ0) is 17.4. The third-order valence-corrected chi connectivity index (χ3v) is 4.86. The Bertz CT molecular complexity index is 901. The molecule has 2 aliphatic carbocycles. The van der Waals surface area contributed by atoms with E-state index in [1.807, 2.05) is 21.1 Å². The van der Waals surface area contributed by atoms with Crippen LogP contribution in [0.15, 0.2) is 71.3 Å². The largest absolute Gasteiger partial charge is 0.388 e. The van der Waals surface area contributed by atoms with E-state index in [0.29, 0.717) is 0 Å². The SMILES string of the molecule is CN=C1C=CC(=C2c3ccc(NC)cc3-c3cc(NC)ccc32)C=C1. The Balaban J connectivity index is 1.98. The standard InChI is InChI=1S/C22H21N3/c1-23-15-6-4-14(5-7-15)22-18-10-8-16(24-2)12-20(18)21-13-17(25-3)9-11-19(21)22/h4-13,24-25H,1-3H3. The normalized spacial score (nSPS) is 14.4. The van der Waals surface area contributed by atoms with Crippen LogP contribution in [0.4, 0.5) is 11.4 Å². The van der Waals surface area contributed by atoms with Gasteiger partial charge in [0.1, 0.15) is 0 Å². The molecule has 0 unspecified atom stereocenters. The van der Waals surface area contributed by atoms with Crippen molar-refractivity contribution in [2.24, 2.45) is 4.99 Å². The molecule has 0 amide bonds. The topological polar surface area (TPSA) is 36.4 Å². The summed E-state index contributed by atoms with van der Waals surface area (Å²) in [7, 11) is 5.74. The van der Waals surface area contributed by atoms with Gasteiger partial charge in [-0.1, -0.05) is 24.3 Å². The summed E-state index contributed by atoms with van der Waals surface area (Å²) in [5.41, 5.74) is 10.9. The van der Waals surface area contributed by atoms with Gasteiger partial charge in [-0.2, -0.15) is 0 Å². The van der Waals surface area contributed by atoms with Crippen molar-refractivity contribution in [3.8, 4) is 11.1 Å². The molecule has 2 aliphatic rings. The van der Waals surface area contributed by atoms with Crippen LogP contribution < -0.4 is 10.6 Å². The first-order valence-electron chi connectivity index (χ1n) is 8.47. The van der Waals surface area contributed by atoms with Gasteiger partial charge in [0, 0.05) is 32.5 Å². The average molecular weight is 327 g/mol. The van der Waals surface area contributed by atoms with Crippen molar-refractivity contribution in [1.29, 1.82) is 0 Å². The molecular formula is C22H21N3. The van der Waals surface area contributed by atoms with Crippen LogP contribution in [0.5, 0.6) is 0 Å². The van der Waals surface area contributed by atoms with Gasteiger partial charge >= 0.3 is 0 Å². The molecule has 3 nitrogen and oxygen atoms in total. The summed E-state index contributed by atoms with van der Waals surface area (Å²) in [5.74, 6) is 0. The number of aliphatic imine (C=N–C) groups is 1. The molecule has 0 bridgehead atoms. The quantitative estimate of drug-likeness (QED) is 0.712. The van der Waals surface area contributed by atoms with Gasteiger partial charge in [-0.3, -0.25) is 4.99 Å². The Morgan fingerprint density at radius 2 is 1.20 bits per heavy atom. The van der Waals surface area contributed by atoms with E-state index >= 15 is 0 Å². The van der Waals surface area contributed by atoms with Crippen LogP contribution in [0.3, 0.4) is 0 Å². The van der Waals surface area contributed by atoms with Crippen molar-refractivity contribution in [2.45, 2.75) is 0 Å². The van der Waals surface area contributed by atoms with Crippen molar-refractivity contribution < 1.29 is 0 Å². The first-order chi connectivity index (χ1) is 12.2. The monoisotopic (exact) mass is 327 g/mol. The predicted octanol–water partition coefficient (Wildman–Crippen LogP) is 4.75. The van der Waals surface area contributed by atoms with E-state index < -0.39 is 0 Å². The number of anilines is 2. The van der Waals surface area contributed by atoms with Crippen LogP contribution in [-0.4, -0.2) is 26.9 Å². The van der Waals surface area contributed by atoms with Crippen molar-refractivity contribution in [3.05, 3.63) is 77.4 Å². The molecular weight excluding hydrogens is 306 g/mol. The summed E-state index contributed by atoms with van der Waals surface area (Å²) in [6.07, 6.45) is 8.47. The molecule has 0 spiro atoms. The molecule has 25 heavy (non-hydrogen) atoms. The van der Waals surface area contributed by atoms with Gasteiger partial charge in [0.25, 0.3) is 0 Å². The van der Waals surface area contributed by atoms with Crippen molar-refractivity contribution in [1.82, 2.24) is 0 Å². The van der Waals surface area contributed by atoms with E-state index in [2.05, 4.69) is 76.3 Å². The van der Waals surface area contributed by atoms with E-state index in [0.717, 1.165) is 17.1 Å². The van der Waals surface area contributed by atoms with Gasteiger partial charge in [0.05, 0.1) is 5.71 Å². The van der Waals surface area contributed by atoms with E-state index in [9.17, 15) is 0 Å². The fourth-order valence-corrected chi connectivity index (χ4v) is 3.51. The summed E-state index contributed by atoms with van der Waals surface area (Å²) >= 11 is 0. The zero-order valence-electron chi connectivity index (χ0n) is 14.7. The molecule has 0 fully saturated rings. The summed E-state index contributed by atoms with van der Waals surface area (Å²) < 4.78 is 0. The Kier molecular flexibility index (Phi) is 3.77. The van der Waals surface area contributed by atoms with E-state index in [1.165, 1.54) is 33.4 Å². The predicted molar refractivity (Wildman–Crippen MR) is 109 cm³/mol. The maximum absolute atomic E-state index is 4.25. The number of hydrogen-bond donors (Lipinski definition) is 2. The maximum atomic E-state index is 4.25. The zero-order valence-corrected chi connectivity index (χ0v) is 14.7. The summed E-state index contributed by atoms with van der Waals surface area (Å²) in [4.78, 5) is 4.25. The number of rotatable bonds is 2. The summed E-state index contributed by atoms with van der Waals surface area (Å²) in [5, 5.41) is 6.50. The molecule has 0 atom stereocenters. The van der Waals surface area contributed by atoms with Crippen LogP contribution in [0.25, 0.3) is 16.7 Å². The van der Waals surface area contributed by atoms with Crippen LogP contribution in [0, 0.1) is 0 Å². The number of allylic oxidation sites excluding steroid dienone is 5. The van der Waals surface area contributed by atoms with Crippen LogP contribution in [0.1, 0.15) is 11.1 Å². The second-order valence-electron chi connectivity index (χ2n) is 6.17. The van der Waals surface area contributed by atoms with Crippen molar-refractivity contribution >= 4 is 22.7 Å². The van der Waals surface area contributed by atoms with Crippen molar-refractivity contribution in [3.63, 3.8) is 0 Å². The van der Waals surface area contributed by atoms with Gasteiger partial charge in [0.15, 0.2) is 0 Å². The minimum Gasteiger partial charge on any atom is -0.388 e. The smallest absolute Gasteiger partial charge is 0.0571 e. The molecule has 0 saturated heterocycles. The first kappa shape index (κ1) is 15.5. The number of hydrogen-bond acceptors (Lipinski definition) is 3.